The van der Waals surface area contributed by atoms with Gasteiger partial charge in [-0.2, -0.15) is 0 Å². The molecular weight excluding hydrogens is 332 g/mol. The molecule has 0 bridgehead atoms. The van der Waals surface area contributed by atoms with Gasteiger partial charge >= 0.3 is 0 Å². The van der Waals surface area contributed by atoms with Gasteiger partial charge in [-0.1, -0.05) is 11.6 Å². The van der Waals surface area contributed by atoms with Crippen molar-refractivity contribution in [2.24, 2.45) is 0 Å². The molecule has 1 fully saturated rings. The molecule has 0 spiro atoms. The smallest absolute Gasteiger partial charge is 0.254 e. The van der Waals surface area contributed by atoms with E-state index in [1.54, 1.807) is 24.1 Å². The predicted octanol–water partition coefficient (Wildman–Crippen LogP) is 0.646. The average molecular weight is 355 g/mol. The SMILES string of the molecule is COCCCNC(=O)CN1CCN(C(=O)c2ccnc(Cl)c2)CC1. The van der Waals surface area contributed by atoms with Crippen LogP contribution in [0.15, 0.2) is 18.3 Å². The number of rotatable bonds is 7. The van der Waals surface area contributed by atoms with Gasteiger partial charge in [-0.15, -0.1) is 0 Å². The number of carbonyl (C=O) groups is 2. The monoisotopic (exact) mass is 354 g/mol. The minimum atomic E-state index is -0.0528. The Hall–Kier alpha value is -1.70. The van der Waals surface area contributed by atoms with Gasteiger partial charge in [0.1, 0.15) is 5.15 Å². The van der Waals surface area contributed by atoms with E-state index in [-0.39, 0.29) is 11.8 Å². The number of piperazine rings is 1. The number of nitrogens with zero attached hydrogens (tertiary/aromatic N) is 3. The number of halogens is 1. The first-order valence-electron chi connectivity index (χ1n) is 7.99. The summed E-state index contributed by atoms with van der Waals surface area (Å²) in [5.74, 6) is -0.0465. The van der Waals surface area contributed by atoms with Gasteiger partial charge in [0.2, 0.25) is 5.91 Å². The Morgan fingerprint density at radius 3 is 2.75 bits per heavy atom. The lowest BCUT2D eigenvalue weighted by atomic mass is 10.2. The molecule has 0 aliphatic carbocycles. The first-order valence-corrected chi connectivity index (χ1v) is 8.37. The number of amides is 2. The molecule has 132 valence electrons. The van der Waals surface area contributed by atoms with Crippen molar-refractivity contribution in [1.82, 2.24) is 20.1 Å². The summed E-state index contributed by atoms with van der Waals surface area (Å²) in [7, 11) is 1.64. The van der Waals surface area contributed by atoms with Gasteiger partial charge in [-0.05, 0) is 18.6 Å². The van der Waals surface area contributed by atoms with Crippen LogP contribution in [0.25, 0.3) is 0 Å². The van der Waals surface area contributed by atoms with E-state index in [2.05, 4.69) is 15.2 Å². The van der Waals surface area contributed by atoms with Gasteiger partial charge < -0.3 is 15.0 Å². The fraction of sp³-hybridized carbons (Fsp3) is 0.562. The zero-order valence-corrected chi connectivity index (χ0v) is 14.6. The highest BCUT2D eigenvalue weighted by Crippen LogP contribution is 2.12. The highest BCUT2D eigenvalue weighted by Gasteiger charge is 2.23. The topological polar surface area (TPSA) is 74.8 Å². The van der Waals surface area contributed by atoms with Crippen molar-refractivity contribution in [1.29, 1.82) is 0 Å². The lowest BCUT2D eigenvalue weighted by molar-refractivity contribution is -0.122. The molecule has 1 aliphatic heterocycles. The van der Waals surface area contributed by atoms with E-state index in [1.807, 2.05) is 0 Å². The summed E-state index contributed by atoms with van der Waals surface area (Å²) >= 11 is 5.83. The molecule has 0 atom stereocenters. The van der Waals surface area contributed by atoms with Crippen molar-refractivity contribution in [3.05, 3.63) is 29.0 Å². The molecule has 1 N–H and O–H groups in total. The number of pyridine rings is 1. The van der Waals surface area contributed by atoms with E-state index in [0.717, 1.165) is 6.42 Å². The molecule has 0 unspecified atom stereocenters. The van der Waals surface area contributed by atoms with Crippen LogP contribution >= 0.6 is 11.6 Å². The Kier molecular flexibility index (Phi) is 7.42. The molecule has 2 amide bonds. The highest BCUT2D eigenvalue weighted by atomic mass is 35.5. The quantitative estimate of drug-likeness (QED) is 0.574. The summed E-state index contributed by atoms with van der Waals surface area (Å²) in [6.07, 6.45) is 2.33. The van der Waals surface area contributed by atoms with Crippen LogP contribution in [0.2, 0.25) is 5.15 Å². The number of nitrogens with one attached hydrogen (secondary N) is 1. The third-order valence-corrected chi connectivity index (χ3v) is 4.05. The van der Waals surface area contributed by atoms with E-state index >= 15 is 0 Å². The van der Waals surface area contributed by atoms with Crippen LogP contribution in [0.5, 0.6) is 0 Å². The standard InChI is InChI=1S/C16H23ClN4O3/c1-24-10-2-4-19-15(22)12-20-6-8-21(9-7-20)16(23)13-3-5-18-14(17)11-13/h3,5,11H,2,4,6-10,12H2,1H3,(H,19,22). The molecule has 0 saturated carbocycles. The molecule has 2 heterocycles. The number of carbonyl (C=O) groups excluding carboxylic acids is 2. The molecule has 0 radical (unpaired) electrons. The third-order valence-electron chi connectivity index (χ3n) is 3.85. The summed E-state index contributed by atoms with van der Waals surface area (Å²) in [5.41, 5.74) is 0.541. The van der Waals surface area contributed by atoms with Crippen LogP contribution in [0, 0.1) is 0 Å². The van der Waals surface area contributed by atoms with Crippen LogP contribution in [-0.4, -0.2) is 79.6 Å². The fourth-order valence-electron chi connectivity index (χ4n) is 2.53. The summed E-state index contributed by atoms with van der Waals surface area (Å²) in [5, 5.41) is 3.18. The summed E-state index contributed by atoms with van der Waals surface area (Å²) < 4.78 is 4.94. The second-order valence-electron chi connectivity index (χ2n) is 5.63. The average Bonchev–Trinajstić information content (AvgIpc) is 2.59. The maximum atomic E-state index is 12.4. The Morgan fingerprint density at radius 2 is 2.08 bits per heavy atom. The predicted molar refractivity (Wildman–Crippen MR) is 91.1 cm³/mol. The third kappa shape index (κ3) is 5.74. The molecule has 2 rings (SSSR count). The Morgan fingerprint density at radius 1 is 1.33 bits per heavy atom. The Bertz CT molecular complexity index is 562. The van der Waals surface area contributed by atoms with Crippen molar-refractivity contribution in [3.8, 4) is 0 Å². The summed E-state index contributed by atoms with van der Waals surface area (Å²) in [6.45, 7) is 4.15. The van der Waals surface area contributed by atoms with E-state index in [0.29, 0.717) is 56.6 Å². The maximum absolute atomic E-state index is 12.4. The van der Waals surface area contributed by atoms with Crippen molar-refractivity contribution in [2.75, 3.05) is 53.0 Å². The van der Waals surface area contributed by atoms with Gasteiger partial charge in [-0.25, -0.2) is 4.98 Å². The molecule has 24 heavy (non-hydrogen) atoms. The second-order valence-corrected chi connectivity index (χ2v) is 6.02. The van der Waals surface area contributed by atoms with E-state index < -0.39 is 0 Å². The lowest BCUT2D eigenvalue weighted by Crippen LogP contribution is -2.51. The highest BCUT2D eigenvalue weighted by molar-refractivity contribution is 6.29. The largest absolute Gasteiger partial charge is 0.385 e. The zero-order chi connectivity index (χ0) is 17.4. The Labute approximate surface area is 146 Å². The molecule has 1 aromatic rings. The minimum absolute atomic E-state index is 0.00629. The molecule has 8 heteroatoms. The molecule has 0 aromatic carbocycles. The number of ether oxygens (including phenoxy) is 1. The summed E-state index contributed by atoms with van der Waals surface area (Å²) in [6, 6.07) is 3.23. The number of hydrogen-bond acceptors (Lipinski definition) is 5. The van der Waals surface area contributed by atoms with Crippen LogP contribution < -0.4 is 5.32 Å². The number of aromatic nitrogens is 1. The van der Waals surface area contributed by atoms with Gasteiger partial charge in [-0.3, -0.25) is 14.5 Å². The van der Waals surface area contributed by atoms with Crippen LogP contribution in [0.4, 0.5) is 0 Å². The Balaban J connectivity index is 1.73. The molecule has 1 aromatic heterocycles. The first-order chi connectivity index (χ1) is 11.6. The van der Waals surface area contributed by atoms with Gasteiger partial charge in [0.05, 0.1) is 6.54 Å². The van der Waals surface area contributed by atoms with Crippen molar-refractivity contribution < 1.29 is 14.3 Å². The van der Waals surface area contributed by atoms with Crippen molar-refractivity contribution in [3.63, 3.8) is 0 Å². The maximum Gasteiger partial charge on any atom is 0.254 e. The molecule has 1 aliphatic rings. The van der Waals surface area contributed by atoms with Gasteiger partial charge in [0.25, 0.3) is 5.91 Å². The van der Waals surface area contributed by atoms with Crippen molar-refractivity contribution in [2.45, 2.75) is 6.42 Å². The lowest BCUT2D eigenvalue weighted by Gasteiger charge is -2.34. The van der Waals surface area contributed by atoms with E-state index in [1.165, 1.54) is 6.20 Å². The number of hydrogen-bond donors (Lipinski definition) is 1. The first kappa shape index (κ1) is 18.6. The second kappa shape index (κ2) is 9.56. The van der Waals surface area contributed by atoms with Gasteiger partial charge in [0.15, 0.2) is 0 Å². The minimum Gasteiger partial charge on any atom is -0.385 e. The van der Waals surface area contributed by atoms with Crippen LogP contribution in [-0.2, 0) is 9.53 Å². The van der Waals surface area contributed by atoms with E-state index in [4.69, 9.17) is 16.3 Å². The van der Waals surface area contributed by atoms with Crippen LogP contribution in [0.1, 0.15) is 16.8 Å². The molecule has 7 nitrogen and oxygen atoms in total. The number of methoxy groups -OCH3 is 1. The fourth-order valence-corrected chi connectivity index (χ4v) is 2.70. The summed E-state index contributed by atoms with van der Waals surface area (Å²) in [4.78, 5) is 32.0. The molecular formula is C16H23ClN4O3. The van der Waals surface area contributed by atoms with Crippen LogP contribution in [0.3, 0.4) is 0 Å². The zero-order valence-electron chi connectivity index (χ0n) is 13.8. The normalized spacial score (nSPS) is 15.3. The van der Waals surface area contributed by atoms with E-state index in [9.17, 15) is 9.59 Å². The van der Waals surface area contributed by atoms with Crippen molar-refractivity contribution >= 4 is 23.4 Å². The molecule has 1 saturated heterocycles. The van der Waals surface area contributed by atoms with Gasteiger partial charge in [0, 0.05) is 58.2 Å².